The maximum absolute atomic E-state index is 11.2. The molecule has 3 N–H and O–H groups in total. The lowest BCUT2D eigenvalue weighted by Gasteiger charge is -2.11. The number of H-pyrrole nitrogens is 1. The zero-order valence-corrected chi connectivity index (χ0v) is 11.5. The van der Waals surface area contributed by atoms with E-state index in [0.717, 1.165) is 10.6 Å². The van der Waals surface area contributed by atoms with Crippen molar-refractivity contribution in [3.8, 4) is 11.5 Å². The lowest BCUT2D eigenvalue weighted by molar-refractivity contribution is 0.474. The second-order valence-corrected chi connectivity index (χ2v) is 5.00. The molecule has 1 heterocycles. The smallest absolute Gasteiger partial charge is 0.417 e. The molecule has 3 aromatic rings. The molecule has 0 atom stereocenters. The van der Waals surface area contributed by atoms with E-state index >= 15 is 0 Å². The van der Waals surface area contributed by atoms with E-state index in [1.54, 1.807) is 23.9 Å². The van der Waals surface area contributed by atoms with Crippen LogP contribution in [0.4, 0.5) is 5.69 Å². The van der Waals surface area contributed by atoms with Crippen molar-refractivity contribution in [3.63, 3.8) is 0 Å². The number of nitrogen functional groups attached to an aromatic ring is 1. The van der Waals surface area contributed by atoms with Crippen LogP contribution in [-0.2, 0) is 0 Å². The van der Waals surface area contributed by atoms with E-state index in [1.165, 1.54) is 0 Å². The molecule has 0 unspecified atom stereocenters. The molecule has 0 saturated carbocycles. The summed E-state index contributed by atoms with van der Waals surface area (Å²) >= 11 is 1.59. The lowest BCUT2D eigenvalue weighted by Crippen LogP contribution is -1.94. The Labute approximate surface area is 118 Å². The first kappa shape index (κ1) is 12.7. The zero-order valence-electron chi connectivity index (χ0n) is 10.7. The SMILES string of the molecule is CSc1ccccc1Oc1cc2[nH]c(=O)oc2cc1N. The molecule has 0 aliphatic rings. The molecule has 0 bridgehead atoms. The van der Waals surface area contributed by atoms with Gasteiger partial charge in [0.2, 0.25) is 0 Å². The Kier molecular flexibility index (Phi) is 3.15. The van der Waals surface area contributed by atoms with Crippen LogP contribution in [-0.4, -0.2) is 11.2 Å². The summed E-state index contributed by atoms with van der Waals surface area (Å²) in [7, 11) is 0. The number of fused-ring (bicyclic) bond motifs is 1. The van der Waals surface area contributed by atoms with E-state index in [0.29, 0.717) is 22.5 Å². The van der Waals surface area contributed by atoms with E-state index in [9.17, 15) is 4.79 Å². The van der Waals surface area contributed by atoms with Gasteiger partial charge in [0.25, 0.3) is 0 Å². The Morgan fingerprint density at radius 2 is 2.05 bits per heavy atom. The summed E-state index contributed by atoms with van der Waals surface area (Å²) in [6, 6.07) is 10.9. The minimum absolute atomic E-state index is 0.413. The topological polar surface area (TPSA) is 81.2 Å². The summed E-state index contributed by atoms with van der Waals surface area (Å²) in [6.07, 6.45) is 1.97. The van der Waals surface area contributed by atoms with Gasteiger partial charge in [0.15, 0.2) is 11.3 Å². The number of oxazole rings is 1. The second-order valence-electron chi connectivity index (χ2n) is 4.15. The van der Waals surface area contributed by atoms with Crippen LogP contribution >= 0.6 is 11.8 Å². The van der Waals surface area contributed by atoms with Crippen LogP contribution < -0.4 is 16.2 Å². The van der Waals surface area contributed by atoms with Crippen LogP contribution in [0.5, 0.6) is 11.5 Å². The first-order valence-electron chi connectivity index (χ1n) is 5.90. The monoisotopic (exact) mass is 288 g/mol. The largest absolute Gasteiger partial charge is 0.454 e. The van der Waals surface area contributed by atoms with Gasteiger partial charge >= 0.3 is 5.76 Å². The van der Waals surface area contributed by atoms with Gasteiger partial charge in [0.1, 0.15) is 5.75 Å². The molecule has 5 nitrogen and oxygen atoms in total. The summed E-state index contributed by atoms with van der Waals surface area (Å²) in [5.41, 5.74) is 7.31. The van der Waals surface area contributed by atoms with E-state index in [2.05, 4.69) is 4.98 Å². The summed E-state index contributed by atoms with van der Waals surface area (Å²) < 4.78 is 10.8. The van der Waals surface area contributed by atoms with Crippen molar-refractivity contribution in [1.29, 1.82) is 0 Å². The number of anilines is 1. The van der Waals surface area contributed by atoms with Crippen molar-refractivity contribution < 1.29 is 9.15 Å². The zero-order chi connectivity index (χ0) is 14.1. The third kappa shape index (κ3) is 2.25. The van der Waals surface area contributed by atoms with Gasteiger partial charge in [-0.3, -0.25) is 4.98 Å². The molecule has 0 aliphatic carbocycles. The lowest BCUT2D eigenvalue weighted by atomic mass is 10.2. The molecule has 3 rings (SSSR count). The molecule has 1 aromatic heterocycles. The highest BCUT2D eigenvalue weighted by Gasteiger charge is 2.10. The fraction of sp³-hybridized carbons (Fsp3) is 0.0714. The van der Waals surface area contributed by atoms with Crippen molar-refractivity contribution in [2.75, 3.05) is 12.0 Å². The van der Waals surface area contributed by atoms with Gasteiger partial charge in [-0.05, 0) is 18.4 Å². The average Bonchev–Trinajstić information content (AvgIpc) is 2.79. The van der Waals surface area contributed by atoms with Gasteiger partial charge in [0.05, 0.1) is 11.2 Å². The van der Waals surface area contributed by atoms with Gasteiger partial charge in [-0.15, -0.1) is 11.8 Å². The molecule has 0 radical (unpaired) electrons. The molecule has 0 spiro atoms. The Balaban J connectivity index is 2.05. The van der Waals surface area contributed by atoms with Crippen LogP contribution in [0.25, 0.3) is 11.1 Å². The highest BCUT2D eigenvalue weighted by Crippen LogP contribution is 2.35. The Morgan fingerprint density at radius 1 is 1.25 bits per heavy atom. The number of thioether (sulfide) groups is 1. The van der Waals surface area contributed by atoms with E-state index < -0.39 is 5.76 Å². The van der Waals surface area contributed by atoms with Gasteiger partial charge in [0, 0.05) is 17.0 Å². The number of hydrogen-bond donors (Lipinski definition) is 2. The van der Waals surface area contributed by atoms with Crippen molar-refractivity contribution in [3.05, 3.63) is 46.9 Å². The van der Waals surface area contributed by atoms with Crippen LogP contribution in [0.1, 0.15) is 0 Å². The maximum Gasteiger partial charge on any atom is 0.417 e. The number of aromatic nitrogens is 1. The highest BCUT2D eigenvalue weighted by molar-refractivity contribution is 7.98. The molecular weight excluding hydrogens is 276 g/mol. The van der Waals surface area contributed by atoms with Gasteiger partial charge < -0.3 is 14.9 Å². The van der Waals surface area contributed by atoms with Crippen molar-refractivity contribution >= 4 is 28.5 Å². The summed E-state index contributed by atoms with van der Waals surface area (Å²) in [5, 5.41) is 0. The molecule has 0 aliphatic heterocycles. The average molecular weight is 288 g/mol. The summed E-state index contributed by atoms with van der Waals surface area (Å²) in [6.45, 7) is 0. The first-order valence-corrected chi connectivity index (χ1v) is 7.13. The second kappa shape index (κ2) is 4.97. The number of para-hydroxylation sites is 1. The normalized spacial score (nSPS) is 10.8. The molecule has 0 fully saturated rings. The fourth-order valence-corrected chi connectivity index (χ4v) is 2.43. The van der Waals surface area contributed by atoms with Gasteiger partial charge in [-0.25, -0.2) is 4.79 Å². The molecular formula is C14H12N2O3S. The van der Waals surface area contributed by atoms with Crippen LogP contribution in [0, 0.1) is 0 Å². The Morgan fingerprint density at radius 3 is 2.85 bits per heavy atom. The number of nitrogens with two attached hydrogens (primary N) is 1. The third-order valence-corrected chi connectivity index (χ3v) is 3.62. The molecule has 20 heavy (non-hydrogen) atoms. The number of nitrogens with one attached hydrogen (secondary N) is 1. The minimum atomic E-state index is -0.513. The molecule has 6 heteroatoms. The Bertz CT molecular complexity index is 823. The van der Waals surface area contributed by atoms with Crippen LogP contribution in [0.3, 0.4) is 0 Å². The van der Waals surface area contributed by atoms with Crippen LogP contribution in [0.15, 0.2) is 50.5 Å². The van der Waals surface area contributed by atoms with Gasteiger partial charge in [-0.1, -0.05) is 12.1 Å². The number of rotatable bonds is 3. The van der Waals surface area contributed by atoms with Gasteiger partial charge in [-0.2, -0.15) is 0 Å². The van der Waals surface area contributed by atoms with Crippen LogP contribution in [0.2, 0.25) is 0 Å². The fourth-order valence-electron chi connectivity index (χ4n) is 1.90. The molecule has 0 saturated heterocycles. The quantitative estimate of drug-likeness (QED) is 0.571. The van der Waals surface area contributed by atoms with E-state index in [-0.39, 0.29) is 0 Å². The molecule has 0 amide bonds. The number of ether oxygens (including phenoxy) is 1. The number of aromatic amines is 1. The first-order chi connectivity index (χ1) is 9.67. The number of hydrogen-bond acceptors (Lipinski definition) is 5. The predicted molar refractivity (Wildman–Crippen MR) is 79.5 cm³/mol. The third-order valence-electron chi connectivity index (χ3n) is 2.84. The molecule has 102 valence electrons. The summed E-state index contributed by atoms with van der Waals surface area (Å²) in [5.74, 6) is 0.689. The maximum atomic E-state index is 11.2. The standard InChI is InChI=1S/C14H12N2O3S/c1-20-13-5-3-2-4-10(13)18-11-7-9-12(6-8(11)15)19-14(17)16-9/h2-7H,15H2,1H3,(H,16,17). The minimum Gasteiger partial charge on any atom is -0.454 e. The predicted octanol–water partition coefficient (Wildman–Crippen LogP) is 3.22. The van der Waals surface area contributed by atoms with E-state index in [1.807, 2.05) is 30.5 Å². The van der Waals surface area contributed by atoms with Crippen molar-refractivity contribution in [1.82, 2.24) is 4.98 Å². The van der Waals surface area contributed by atoms with E-state index in [4.69, 9.17) is 14.9 Å². The van der Waals surface area contributed by atoms with Crippen molar-refractivity contribution in [2.24, 2.45) is 0 Å². The number of benzene rings is 2. The Hall–Kier alpha value is -2.34. The highest BCUT2D eigenvalue weighted by atomic mass is 32.2. The van der Waals surface area contributed by atoms with Crippen molar-refractivity contribution in [2.45, 2.75) is 4.90 Å². The molecule has 2 aromatic carbocycles. The summed E-state index contributed by atoms with van der Waals surface area (Å²) in [4.78, 5) is 14.7.